The Hall–Kier alpha value is -2.43. The van der Waals surface area contributed by atoms with Crippen molar-refractivity contribution in [1.82, 2.24) is 10.4 Å². The van der Waals surface area contributed by atoms with E-state index in [0.717, 1.165) is 12.1 Å². The third-order valence-corrected chi connectivity index (χ3v) is 5.23. The fourth-order valence-electron chi connectivity index (χ4n) is 3.40. The van der Waals surface area contributed by atoms with Gasteiger partial charge in [-0.2, -0.15) is 0 Å². The molecule has 7 nitrogen and oxygen atoms in total. The summed E-state index contributed by atoms with van der Waals surface area (Å²) in [5.41, 5.74) is -0.512. The molecular formula is C21H24F2N2O5. The van der Waals surface area contributed by atoms with Gasteiger partial charge in [-0.3, -0.25) is 15.3 Å². The largest absolute Gasteiger partial charge is 0.390 e. The molecule has 1 aliphatic heterocycles. The lowest BCUT2D eigenvalue weighted by molar-refractivity contribution is -0.0941. The van der Waals surface area contributed by atoms with Crippen molar-refractivity contribution in [2.75, 3.05) is 19.7 Å². The Labute approximate surface area is 172 Å². The van der Waals surface area contributed by atoms with Crippen LogP contribution < -0.4 is 5.32 Å². The molecule has 1 saturated heterocycles. The van der Waals surface area contributed by atoms with Gasteiger partial charge in [-0.05, 0) is 29.8 Å². The van der Waals surface area contributed by atoms with E-state index in [4.69, 9.17) is 4.74 Å². The molecule has 0 radical (unpaired) electrons. The van der Waals surface area contributed by atoms with Crippen molar-refractivity contribution in [3.05, 3.63) is 71.3 Å². The predicted molar refractivity (Wildman–Crippen MR) is 102 cm³/mol. The maximum absolute atomic E-state index is 13.3. The van der Waals surface area contributed by atoms with E-state index in [9.17, 15) is 29.0 Å². The monoisotopic (exact) mass is 422 g/mol. The molecule has 1 heterocycles. The molecule has 0 aromatic heterocycles. The van der Waals surface area contributed by atoms with E-state index in [2.05, 4.69) is 5.32 Å². The normalized spacial score (nSPS) is 24.6. The van der Waals surface area contributed by atoms with Gasteiger partial charge in [0.1, 0.15) is 6.23 Å². The van der Waals surface area contributed by atoms with E-state index in [1.54, 1.807) is 37.3 Å². The average Bonchev–Trinajstić information content (AvgIpc) is 3.02. The second-order valence-corrected chi connectivity index (χ2v) is 7.66. The summed E-state index contributed by atoms with van der Waals surface area (Å²) >= 11 is 0. The first-order valence-electron chi connectivity index (χ1n) is 9.43. The number of carbonyl (C=O) groups is 1. The maximum Gasteiger partial charge on any atom is 0.277 e. The van der Waals surface area contributed by atoms with Crippen LogP contribution in [0.1, 0.15) is 29.1 Å². The number of amides is 1. The Morgan fingerprint density at radius 1 is 1.27 bits per heavy atom. The van der Waals surface area contributed by atoms with Gasteiger partial charge in [0.15, 0.2) is 11.6 Å². The Bertz CT molecular complexity index is 885. The smallest absolute Gasteiger partial charge is 0.277 e. The molecule has 0 aliphatic carbocycles. The van der Waals surface area contributed by atoms with Crippen LogP contribution in [0, 0.1) is 17.0 Å². The summed E-state index contributed by atoms with van der Waals surface area (Å²) < 4.78 is 31.9. The number of carbonyl (C=O) groups excluding carboxylic acids is 1. The molecule has 9 heteroatoms. The Kier molecular flexibility index (Phi) is 6.79. The molecule has 1 fully saturated rings. The molecule has 2 aromatic rings. The second kappa shape index (κ2) is 9.15. The molecule has 162 valence electrons. The average molecular weight is 422 g/mol. The van der Waals surface area contributed by atoms with Crippen molar-refractivity contribution in [1.29, 1.82) is 0 Å². The van der Waals surface area contributed by atoms with Gasteiger partial charge in [0.25, 0.3) is 5.91 Å². The number of aliphatic hydroxyl groups excluding tert-OH is 2. The van der Waals surface area contributed by atoms with Crippen molar-refractivity contribution >= 4 is 5.91 Å². The lowest BCUT2D eigenvalue weighted by Crippen LogP contribution is -2.47. The van der Waals surface area contributed by atoms with Crippen LogP contribution in [0.5, 0.6) is 0 Å². The van der Waals surface area contributed by atoms with Crippen LogP contribution in [0.15, 0.2) is 48.5 Å². The highest BCUT2D eigenvalue weighted by Crippen LogP contribution is 2.34. The van der Waals surface area contributed by atoms with Gasteiger partial charge in [0, 0.05) is 17.5 Å². The number of hydrogen-bond acceptors (Lipinski definition) is 6. The van der Waals surface area contributed by atoms with Gasteiger partial charge in [-0.25, -0.2) is 13.8 Å². The van der Waals surface area contributed by atoms with E-state index in [1.807, 2.05) is 0 Å². The lowest BCUT2D eigenvalue weighted by atomic mass is 9.84. The minimum Gasteiger partial charge on any atom is -0.390 e. The van der Waals surface area contributed by atoms with Gasteiger partial charge in [0.05, 0.1) is 25.4 Å². The van der Waals surface area contributed by atoms with Crippen LogP contribution in [0.2, 0.25) is 0 Å². The van der Waals surface area contributed by atoms with E-state index in [0.29, 0.717) is 10.6 Å². The highest BCUT2D eigenvalue weighted by atomic mass is 19.2. The van der Waals surface area contributed by atoms with Crippen molar-refractivity contribution in [3.63, 3.8) is 0 Å². The number of aliphatic hydroxyl groups is 2. The molecule has 0 bridgehead atoms. The Morgan fingerprint density at radius 2 is 1.97 bits per heavy atom. The van der Waals surface area contributed by atoms with Crippen molar-refractivity contribution in [3.8, 4) is 0 Å². The van der Waals surface area contributed by atoms with Gasteiger partial charge in [-0.15, -0.1) is 0 Å². The Morgan fingerprint density at radius 3 is 2.63 bits per heavy atom. The van der Waals surface area contributed by atoms with E-state index < -0.39 is 41.4 Å². The molecule has 2 aromatic carbocycles. The topological polar surface area (TPSA) is 102 Å². The summed E-state index contributed by atoms with van der Waals surface area (Å²) in [4.78, 5) is 12.3. The van der Waals surface area contributed by atoms with Crippen molar-refractivity contribution in [2.45, 2.75) is 25.4 Å². The number of benzene rings is 2. The molecule has 30 heavy (non-hydrogen) atoms. The summed E-state index contributed by atoms with van der Waals surface area (Å²) in [6, 6.07) is 11.3. The first kappa shape index (κ1) is 22.3. The van der Waals surface area contributed by atoms with Crippen molar-refractivity contribution in [2.24, 2.45) is 5.41 Å². The lowest BCUT2D eigenvalue weighted by Gasteiger charge is -2.31. The molecule has 4 N–H and O–H groups in total. The highest BCUT2D eigenvalue weighted by Gasteiger charge is 2.47. The third kappa shape index (κ3) is 4.82. The summed E-state index contributed by atoms with van der Waals surface area (Å²) in [5.74, 6) is -2.70. The predicted octanol–water partition coefficient (Wildman–Crippen LogP) is 1.84. The number of nitrogens with one attached hydrogen (secondary N) is 1. The number of hydrogen-bond donors (Lipinski definition) is 4. The summed E-state index contributed by atoms with van der Waals surface area (Å²) in [5, 5.41) is 34.3. The number of halogens is 2. The van der Waals surface area contributed by atoms with E-state index in [-0.39, 0.29) is 25.3 Å². The van der Waals surface area contributed by atoms with Crippen LogP contribution in [-0.2, 0) is 4.74 Å². The van der Waals surface area contributed by atoms with Gasteiger partial charge in [0.2, 0.25) is 0 Å². The Balaban J connectivity index is 1.57. The summed E-state index contributed by atoms with van der Waals surface area (Å²) in [7, 11) is 0. The summed E-state index contributed by atoms with van der Waals surface area (Å²) in [6.07, 6.45) is -3.09. The molecule has 1 amide bonds. The van der Waals surface area contributed by atoms with Crippen LogP contribution >= 0.6 is 0 Å². The first-order chi connectivity index (χ1) is 14.2. The first-order valence-corrected chi connectivity index (χ1v) is 9.43. The number of hydroxylamine groups is 2. The van der Waals surface area contributed by atoms with Crippen LogP contribution in [0.3, 0.4) is 0 Å². The number of rotatable bonds is 7. The third-order valence-electron chi connectivity index (χ3n) is 5.23. The van der Waals surface area contributed by atoms with Gasteiger partial charge >= 0.3 is 0 Å². The fraction of sp³-hybridized carbons (Fsp3) is 0.381. The molecule has 3 rings (SSSR count). The molecule has 4 atom stereocenters. The minimum absolute atomic E-state index is 0.00891. The highest BCUT2D eigenvalue weighted by molar-refractivity contribution is 5.93. The molecule has 1 aliphatic rings. The summed E-state index contributed by atoms with van der Waals surface area (Å²) in [6.45, 7) is 1.59. The number of nitrogens with zero attached hydrogens (tertiary/aromatic N) is 1. The SMILES string of the molecule is C[C@@]1(CN(O)C(=O)c2ccccc2)CO[C@H](CNC(O)c2ccc(F)c(F)c2)[C@H]1O. The number of ether oxygens (including phenoxy) is 1. The maximum atomic E-state index is 13.3. The van der Waals surface area contributed by atoms with Crippen LogP contribution in [-0.4, -0.2) is 58.3 Å². The van der Waals surface area contributed by atoms with Gasteiger partial charge < -0.3 is 14.9 Å². The standard InChI is InChI=1S/C21H24F2N2O5/c1-21(11-25(29)20(28)13-5-3-2-4-6-13)12-30-17(18(21)26)10-24-19(27)14-7-8-15(22)16(23)9-14/h2-9,17-19,24,26-27,29H,10-12H2,1H3/t17-,18-,19?,21-/m1/s1. The second-order valence-electron chi connectivity index (χ2n) is 7.66. The molecule has 0 saturated carbocycles. The molecule has 1 unspecified atom stereocenters. The molecular weight excluding hydrogens is 398 g/mol. The van der Waals surface area contributed by atoms with E-state index >= 15 is 0 Å². The van der Waals surface area contributed by atoms with Gasteiger partial charge in [-0.1, -0.05) is 31.2 Å². The van der Waals surface area contributed by atoms with E-state index in [1.165, 1.54) is 6.07 Å². The quantitative estimate of drug-likeness (QED) is 0.309. The zero-order valence-corrected chi connectivity index (χ0v) is 16.3. The fourth-order valence-corrected chi connectivity index (χ4v) is 3.40. The van der Waals surface area contributed by atoms with Crippen LogP contribution in [0.25, 0.3) is 0 Å². The zero-order chi connectivity index (χ0) is 21.9. The van der Waals surface area contributed by atoms with Crippen molar-refractivity contribution < 1.29 is 33.7 Å². The van der Waals surface area contributed by atoms with Crippen LogP contribution in [0.4, 0.5) is 8.78 Å². The molecule has 0 spiro atoms. The zero-order valence-electron chi connectivity index (χ0n) is 16.3. The minimum atomic E-state index is -1.29.